The molecule has 0 aromatic rings. The summed E-state index contributed by atoms with van der Waals surface area (Å²) in [6.07, 6.45) is 1.39. The normalized spacial score (nSPS) is 16.4. The molecule has 1 saturated carbocycles. The van der Waals surface area contributed by atoms with Crippen molar-refractivity contribution in [3.63, 3.8) is 0 Å². The summed E-state index contributed by atoms with van der Waals surface area (Å²) < 4.78 is 9.24. The summed E-state index contributed by atoms with van der Waals surface area (Å²) in [4.78, 5) is 34.4. The highest BCUT2D eigenvalue weighted by atomic mass is 16.5. The van der Waals surface area contributed by atoms with Crippen LogP contribution < -0.4 is 0 Å². The van der Waals surface area contributed by atoms with Gasteiger partial charge in [0, 0.05) is 5.92 Å². The molecule has 0 amide bonds. The molecular weight excluding hydrogens is 212 g/mol. The minimum absolute atomic E-state index is 0.0708. The Bertz CT molecular complexity index is 293. The second kappa shape index (κ2) is 5.63. The van der Waals surface area contributed by atoms with Crippen LogP contribution in [0.2, 0.25) is 0 Å². The van der Waals surface area contributed by atoms with Crippen LogP contribution in [0.25, 0.3) is 0 Å². The Morgan fingerprint density at radius 3 is 2.38 bits per heavy atom. The predicted octanol–water partition coefficient (Wildman–Crippen LogP) is 0.708. The van der Waals surface area contributed by atoms with Crippen LogP contribution in [-0.2, 0) is 23.9 Å². The molecule has 1 aliphatic rings. The fourth-order valence-corrected chi connectivity index (χ4v) is 1.48. The fraction of sp³-hybridized carbons (Fsp3) is 0.727. The highest BCUT2D eigenvalue weighted by Crippen LogP contribution is 2.33. The monoisotopic (exact) mass is 228 g/mol. The Hall–Kier alpha value is -1.39. The summed E-state index contributed by atoms with van der Waals surface area (Å²) >= 11 is 0. The van der Waals surface area contributed by atoms with Gasteiger partial charge in [-0.05, 0) is 19.8 Å². The number of carbonyl (C=O) groups is 3. The molecule has 0 aromatic heterocycles. The molecule has 1 aliphatic carbocycles. The maximum Gasteiger partial charge on any atom is 0.316 e. The van der Waals surface area contributed by atoms with Gasteiger partial charge >= 0.3 is 11.9 Å². The van der Waals surface area contributed by atoms with E-state index in [1.807, 2.05) is 0 Å². The Labute approximate surface area is 94.1 Å². The van der Waals surface area contributed by atoms with Crippen molar-refractivity contribution in [3.8, 4) is 0 Å². The van der Waals surface area contributed by atoms with Crippen molar-refractivity contribution in [2.75, 3.05) is 13.7 Å². The van der Waals surface area contributed by atoms with E-state index in [2.05, 4.69) is 4.74 Å². The Morgan fingerprint density at radius 2 is 1.94 bits per heavy atom. The lowest BCUT2D eigenvalue weighted by molar-refractivity contribution is -0.156. The lowest BCUT2D eigenvalue weighted by Gasteiger charge is -2.12. The third-order valence-electron chi connectivity index (χ3n) is 2.48. The average Bonchev–Trinajstić information content (AvgIpc) is 3.08. The zero-order valence-corrected chi connectivity index (χ0v) is 9.52. The number of ketones is 1. The van der Waals surface area contributed by atoms with Crippen LogP contribution in [0.15, 0.2) is 0 Å². The van der Waals surface area contributed by atoms with Crippen LogP contribution >= 0.6 is 0 Å². The lowest BCUT2D eigenvalue weighted by Crippen LogP contribution is -2.29. The molecule has 0 aromatic carbocycles. The molecule has 5 heteroatoms. The summed E-state index contributed by atoms with van der Waals surface area (Å²) in [5, 5.41) is 0. The largest absolute Gasteiger partial charge is 0.468 e. The van der Waals surface area contributed by atoms with E-state index in [9.17, 15) is 14.4 Å². The molecule has 0 aliphatic heterocycles. The van der Waals surface area contributed by atoms with Gasteiger partial charge in [0.1, 0.15) is 5.92 Å². The molecule has 0 saturated heterocycles. The minimum Gasteiger partial charge on any atom is -0.468 e. The van der Waals surface area contributed by atoms with Crippen molar-refractivity contribution in [1.29, 1.82) is 0 Å². The van der Waals surface area contributed by atoms with Gasteiger partial charge in [0.15, 0.2) is 5.78 Å². The third kappa shape index (κ3) is 3.32. The summed E-state index contributed by atoms with van der Waals surface area (Å²) in [6, 6.07) is 0. The summed E-state index contributed by atoms with van der Waals surface area (Å²) in [5.74, 6) is -2.44. The van der Waals surface area contributed by atoms with Crippen molar-refractivity contribution >= 4 is 17.7 Å². The van der Waals surface area contributed by atoms with Gasteiger partial charge < -0.3 is 9.47 Å². The first-order valence-electron chi connectivity index (χ1n) is 5.37. The molecule has 0 spiro atoms. The lowest BCUT2D eigenvalue weighted by atomic mass is 9.97. The summed E-state index contributed by atoms with van der Waals surface area (Å²) in [6.45, 7) is 1.91. The molecule has 16 heavy (non-hydrogen) atoms. The Morgan fingerprint density at radius 1 is 1.31 bits per heavy atom. The number of hydrogen-bond donors (Lipinski definition) is 0. The molecule has 1 atom stereocenters. The van der Waals surface area contributed by atoms with E-state index >= 15 is 0 Å². The molecular formula is C11H16O5. The highest BCUT2D eigenvalue weighted by Gasteiger charge is 2.40. The van der Waals surface area contributed by atoms with Gasteiger partial charge in [-0.1, -0.05) is 0 Å². The van der Waals surface area contributed by atoms with Crippen molar-refractivity contribution in [3.05, 3.63) is 0 Å². The third-order valence-corrected chi connectivity index (χ3v) is 2.48. The smallest absolute Gasteiger partial charge is 0.316 e. The van der Waals surface area contributed by atoms with Crippen molar-refractivity contribution in [2.24, 2.45) is 11.8 Å². The number of esters is 2. The van der Waals surface area contributed by atoms with Gasteiger partial charge in [-0.2, -0.15) is 0 Å². The van der Waals surface area contributed by atoms with Gasteiger partial charge in [-0.3, -0.25) is 14.4 Å². The highest BCUT2D eigenvalue weighted by molar-refractivity contribution is 6.03. The first-order valence-corrected chi connectivity index (χ1v) is 5.37. The molecule has 5 nitrogen and oxygen atoms in total. The number of carbonyl (C=O) groups excluding carboxylic acids is 3. The predicted molar refractivity (Wildman–Crippen MR) is 54.5 cm³/mol. The quantitative estimate of drug-likeness (QED) is 0.494. The van der Waals surface area contributed by atoms with E-state index < -0.39 is 17.9 Å². The maximum atomic E-state index is 11.7. The van der Waals surface area contributed by atoms with E-state index in [4.69, 9.17) is 4.74 Å². The number of hydrogen-bond acceptors (Lipinski definition) is 5. The second-order valence-corrected chi connectivity index (χ2v) is 3.76. The van der Waals surface area contributed by atoms with Crippen LogP contribution in [0.1, 0.15) is 26.2 Å². The second-order valence-electron chi connectivity index (χ2n) is 3.76. The van der Waals surface area contributed by atoms with Crippen molar-refractivity contribution in [2.45, 2.75) is 26.2 Å². The number of methoxy groups -OCH3 is 1. The standard InChI is InChI=1S/C11H16O5/c1-3-16-9(12)6-8(11(14)15-2)10(13)7-4-5-7/h7-8H,3-6H2,1-2H3. The first-order chi connectivity index (χ1) is 7.60. The molecule has 0 radical (unpaired) electrons. The average molecular weight is 228 g/mol. The summed E-state index contributed by atoms with van der Waals surface area (Å²) in [5.41, 5.74) is 0. The van der Waals surface area contributed by atoms with Crippen LogP contribution in [0, 0.1) is 11.8 Å². The summed E-state index contributed by atoms with van der Waals surface area (Å²) in [7, 11) is 1.21. The van der Waals surface area contributed by atoms with Crippen LogP contribution in [0.5, 0.6) is 0 Å². The van der Waals surface area contributed by atoms with Gasteiger partial charge in [0.25, 0.3) is 0 Å². The first kappa shape index (κ1) is 12.7. The molecule has 1 unspecified atom stereocenters. The molecule has 0 heterocycles. The van der Waals surface area contributed by atoms with Gasteiger partial charge in [0.2, 0.25) is 0 Å². The molecule has 90 valence electrons. The maximum absolute atomic E-state index is 11.7. The van der Waals surface area contributed by atoms with E-state index in [-0.39, 0.29) is 24.7 Å². The van der Waals surface area contributed by atoms with E-state index in [0.717, 1.165) is 12.8 Å². The fourth-order valence-electron chi connectivity index (χ4n) is 1.48. The van der Waals surface area contributed by atoms with Gasteiger partial charge in [0.05, 0.1) is 20.1 Å². The number of Topliss-reactive ketones (excluding diaryl/α,β-unsaturated/α-hetero) is 1. The Balaban J connectivity index is 2.59. The van der Waals surface area contributed by atoms with Crippen LogP contribution in [-0.4, -0.2) is 31.4 Å². The van der Waals surface area contributed by atoms with E-state index in [1.165, 1.54) is 7.11 Å². The number of ether oxygens (including phenoxy) is 2. The molecule has 1 fully saturated rings. The van der Waals surface area contributed by atoms with Crippen LogP contribution in [0.4, 0.5) is 0 Å². The molecule has 0 N–H and O–H groups in total. The van der Waals surface area contributed by atoms with Gasteiger partial charge in [-0.25, -0.2) is 0 Å². The molecule has 0 bridgehead atoms. The van der Waals surface area contributed by atoms with Crippen molar-refractivity contribution < 1.29 is 23.9 Å². The zero-order chi connectivity index (χ0) is 12.1. The van der Waals surface area contributed by atoms with Gasteiger partial charge in [-0.15, -0.1) is 0 Å². The van der Waals surface area contributed by atoms with Crippen LogP contribution in [0.3, 0.4) is 0 Å². The number of rotatable bonds is 6. The topological polar surface area (TPSA) is 69.7 Å². The SMILES string of the molecule is CCOC(=O)CC(C(=O)OC)C(=O)C1CC1. The molecule has 1 rings (SSSR count). The minimum atomic E-state index is -0.989. The van der Waals surface area contributed by atoms with Crippen molar-refractivity contribution in [1.82, 2.24) is 0 Å². The zero-order valence-electron chi connectivity index (χ0n) is 9.52. The van der Waals surface area contributed by atoms with E-state index in [1.54, 1.807) is 6.92 Å². The van der Waals surface area contributed by atoms with E-state index in [0.29, 0.717) is 0 Å². The Kier molecular flexibility index (Phi) is 4.46.